The molecule has 1 aromatic heterocycles. The average molecular weight is 399 g/mol. The van der Waals surface area contributed by atoms with Gasteiger partial charge >= 0.3 is 0 Å². The molecule has 0 saturated heterocycles. The Morgan fingerprint density at radius 3 is 2.32 bits per heavy atom. The standard InChI is InChI=1S/C18H15BrN4O2/c1-12(24)20-17-11-16(22-23(17)15-5-3-2-4-6-15)18(25)21-14-9-7-13(19)8-10-14/h2-11H,1H3,(H,20,24)(H,21,25). The highest BCUT2D eigenvalue weighted by Crippen LogP contribution is 2.19. The first kappa shape index (κ1) is 16.9. The first-order chi connectivity index (χ1) is 12.0. The molecule has 0 aliphatic carbocycles. The number of carbonyl (C=O) groups excluding carboxylic acids is 2. The Morgan fingerprint density at radius 1 is 1.00 bits per heavy atom. The van der Waals surface area contributed by atoms with Crippen LogP contribution in [-0.2, 0) is 4.79 Å². The van der Waals surface area contributed by atoms with Gasteiger partial charge in [-0.05, 0) is 36.4 Å². The quantitative estimate of drug-likeness (QED) is 0.700. The third-order valence-electron chi connectivity index (χ3n) is 3.35. The lowest BCUT2D eigenvalue weighted by Gasteiger charge is -2.06. The minimum absolute atomic E-state index is 0.204. The van der Waals surface area contributed by atoms with Gasteiger partial charge in [0.05, 0.1) is 5.69 Å². The van der Waals surface area contributed by atoms with E-state index in [0.29, 0.717) is 11.5 Å². The molecule has 6 nitrogen and oxygen atoms in total. The zero-order chi connectivity index (χ0) is 17.8. The number of rotatable bonds is 4. The van der Waals surface area contributed by atoms with E-state index >= 15 is 0 Å². The van der Waals surface area contributed by atoms with Gasteiger partial charge < -0.3 is 10.6 Å². The summed E-state index contributed by atoms with van der Waals surface area (Å²) < 4.78 is 2.45. The number of hydrogen-bond donors (Lipinski definition) is 2. The summed E-state index contributed by atoms with van der Waals surface area (Å²) in [6.07, 6.45) is 0. The summed E-state index contributed by atoms with van der Waals surface area (Å²) in [5, 5.41) is 9.80. The van der Waals surface area contributed by atoms with Crippen LogP contribution in [0, 0.1) is 0 Å². The van der Waals surface area contributed by atoms with Crippen LogP contribution in [0.25, 0.3) is 5.69 Å². The Balaban J connectivity index is 1.91. The second-order valence-electron chi connectivity index (χ2n) is 5.30. The molecule has 126 valence electrons. The van der Waals surface area contributed by atoms with Crippen LogP contribution in [0.1, 0.15) is 17.4 Å². The number of halogens is 1. The number of aromatic nitrogens is 2. The number of carbonyl (C=O) groups is 2. The minimum atomic E-state index is -0.358. The highest BCUT2D eigenvalue weighted by atomic mass is 79.9. The number of nitrogens with one attached hydrogen (secondary N) is 2. The lowest BCUT2D eigenvalue weighted by atomic mass is 10.3. The van der Waals surface area contributed by atoms with Gasteiger partial charge in [-0.25, -0.2) is 4.68 Å². The molecule has 7 heteroatoms. The van der Waals surface area contributed by atoms with E-state index in [-0.39, 0.29) is 17.5 Å². The van der Waals surface area contributed by atoms with Gasteiger partial charge in [-0.2, -0.15) is 5.10 Å². The highest BCUT2D eigenvalue weighted by Gasteiger charge is 2.16. The molecule has 3 rings (SSSR count). The molecule has 2 amide bonds. The third kappa shape index (κ3) is 4.13. The third-order valence-corrected chi connectivity index (χ3v) is 3.88. The number of hydrogen-bond acceptors (Lipinski definition) is 3. The van der Waals surface area contributed by atoms with E-state index < -0.39 is 0 Å². The van der Waals surface area contributed by atoms with Crippen molar-refractivity contribution < 1.29 is 9.59 Å². The summed E-state index contributed by atoms with van der Waals surface area (Å²) in [7, 11) is 0. The van der Waals surface area contributed by atoms with Crippen molar-refractivity contribution in [2.24, 2.45) is 0 Å². The smallest absolute Gasteiger partial charge is 0.276 e. The van der Waals surface area contributed by atoms with Crippen molar-refractivity contribution in [3.8, 4) is 5.69 Å². The maximum atomic E-state index is 12.5. The van der Waals surface area contributed by atoms with E-state index in [9.17, 15) is 9.59 Å². The fourth-order valence-corrected chi connectivity index (χ4v) is 2.52. The molecule has 0 unspecified atom stereocenters. The van der Waals surface area contributed by atoms with Crippen molar-refractivity contribution in [1.29, 1.82) is 0 Å². The van der Waals surface area contributed by atoms with Crippen molar-refractivity contribution in [1.82, 2.24) is 9.78 Å². The summed E-state index contributed by atoms with van der Waals surface area (Å²) >= 11 is 3.35. The summed E-state index contributed by atoms with van der Waals surface area (Å²) in [5.41, 5.74) is 1.60. The monoisotopic (exact) mass is 398 g/mol. The van der Waals surface area contributed by atoms with Crippen molar-refractivity contribution in [3.05, 3.63) is 70.8 Å². The summed E-state index contributed by atoms with van der Waals surface area (Å²) in [6, 6.07) is 18.1. The van der Waals surface area contributed by atoms with Crippen LogP contribution >= 0.6 is 15.9 Å². The molecule has 3 aromatic rings. The molecule has 0 saturated carbocycles. The lowest BCUT2D eigenvalue weighted by molar-refractivity contribution is -0.114. The van der Waals surface area contributed by atoms with E-state index in [2.05, 4.69) is 31.7 Å². The fraction of sp³-hybridized carbons (Fsp3) is 0.0556. The molecule has 0 atom stereocenters. The van der Waals surface area contributed by atoms with E-state index in [0.717, 1.165) is 10.2 Å². The zero-order valence-corrected chi connectivity index (χ0v) is 14.9. The second-order valence-corrected chi connectivity index (χ2v) is 6.22. The average Bonchev–Trinajstić information content (AvgIpc) is 3.01. The van der Waals surface area contributed by atoms with Crippen LogP contribution in [0.2, 0.25) is 0 Å². The van der Waals surface area contributed by atoms with Crippen LogP contribution in [0.15, 0.2) is 65.1 Å². The zero-order valence-electron chi connectivity index (χ0n) is 13.4. The van der Waals surface area contributed by atoms with Crippen LogP contribution in [0.4, 0.5) is 11.5 Å². The topological polar surface area (TPSA) is 76.0 Å². The molecule has 2 aromatic carbocycles. The molecule has 0 radical (unpaired) electrons. The summed E-state index contributed by atoms with van der Waals surface area (Å²) in [6.45, 7) is 1.41. The molecule has 2 N–H and O–H groups in total. The highest BCUT2D eigenvalue weighted by molar-refractivity contribution is 9.10. The largest absolute Gasteiger partial charge is 0.321 e. The van der Waals surface area contributed by atoms with Crippen LogP contribution in [0.3, 0.4) is 0 Å². The number of nitrogens with zero attached hydrogens (tertiary/aromatic N) is 2. The molecule has 0 fully saturated rings. The van der Waals surface area contributed by atoms with Gasteiger partial charge in [0.1, 0.15) is 5.82 Å². The maximum absolute atomic E-state index is 12.5. The molecular formula is C18H15BrN4O2. The fourth-order valence-electron chi connectivity index (χ4n) is 2.26. The maximum Gasteiger partial charge on any atom is 0.276 e. The van der Waals surface area contributed by atoms with E-state index in [1.807, 2.05) is 42.5 Å². The van der Waals surface area contributed by atoms with E-state index in [4.69, 9.17) is 0 Å². The van der Waals surface area contributed by atoms with Crippen molar-refractivity contribution in [2.75, 3.05) is 10.6 Å². The Morgan fingerprint density at radius 2 is 1.68 bits per heavy atom. The Labute approximate surface area is 153 Å². The van der Waals surface area contributed by atoms with Crippen LogP contribution < -0.4 is 10.6 Å². The van der Waals surface area contributed by atoms with Crippen molar-refractivity contribution >= 4 is 39.2 Å². The summed E-state index contributed by atoms with van der Waals surface area (Å²) in [5.74, 6) is -0.166. The molecule has 25 heavy (non-hydrogen) atoms. The van der Waals surface area contributed by atoms with Gasteiger partial charge in [0.25, 0.3) is 5.91 Å². The molecule has 0 aliphatic rings. The van der Waals surface area contributed by atoms with Crippen molar-refractivity contribution in [2.45, 2.75) is 6.92 Å². The normalized spacial score (nSPS) is 10.3. The van der Waals surface area contributed by atoms with Gasteiger partial charge in [0.15, 0.2) is 5.69 Å². The molecule has 0 spiro atoms. The minimum Gasteiger partial charge on any atom is -0.321 e. The Bertz CT molecular complexity index is 905. The van der Waals surface area contributed by atoms with Gasteiger partial charge in [-0.15, -0.1) is 0 Å². The van der Waals surface area contributed by atoms with Crippen LogP contribution in [-0.4, -0.2) is 21.6 Å². The second kappa shape index (κ2) is 7.31. The van der Waals surface area contributed by atoms with Gasteiger partial charge in [0, 0.05) is 23.2 Å². The molecule has 1 heterocycles. The molecule has 0 bridgehead atoms. The predicted molar refractivity (Wildman–Crippen MR) is 100.0 cm³/mol. The molecule has 0 aliphatic heterocycles. The molecular weight excluding hydrogens is 384 g/mol. The number of amides is 2. The van der Waals surface area contributed by atoms with Gasteiger partial charge in [0.2, 0.25) is 5.91 Å². The number of anilines is 2. The first-order valence-electron chi connectivity index (χ1n) is 7.53. The van der Waals surface area contributed by atoms with Crippen molar-refractivity contribution in [3.63, 3.8) is 0 Å². The Hall–Kier alpha value is -2.93. The SMILES string of the molecule is CC(=O)Nc1cc(C(=O)Nc2ccc(Br)cc2)nn1-c1ccccc1. The summed E-state index contributed by atoms with van der Waals surface area (Å²) in [4.78, 5) is 23.9. The van der Waals surface area contributed by atoms with E-state index in [1.54, 1.807) is 18.2 Å². The predicted octanol–water partition coefficient (Wildman–Crippen LogP) is 3.85. The lowest BCUT2D eigenvalue weighted by Crippen LogP contribution is -2.13. The van der Waals surface area contributed by atoms with Gasteiger partial charge in [-0.3, -0.25) is 9.59 Å². The van der Waals surface area contributed by atoms with Crippen LogP contribution in [0.5, 0.6) is 0 Å². The van der Waals surface area contributed by atoms with E-state index in [1.165, 1.54) is 11.6 Å². The Kier molecular flexibility index (Phi) is 4.95. The number of para-hydroxylation sites is 1. The van der Waals surface area contributed by atoms with Gasteiger partial charge in [-0.1, -0.05) is 34.1 Å². The number of benzene rings is 2. The first-order valence-corrected chi connectivity index (χ1v) is 8.32.